The number of nitrogens with zero attached hydrogens (tertiary/aromatic N) is 1. The number of imide groups is 1. The van der Waals surface area contributed by atoms with Crippen molar-refractivity contribution in [3.05, 3.63) is 40.7 Å². The SMILES string of the molecule is CCCCNC1=C(Sc2ccccc2F)C(=O)N(C)C1=O. The Morgan fingerprint density at radius 3 is 2.62 bits per heavy atom. The molecule has 0 bridgehead atoms. The molecule has 1 N–H and O–H groups in total. The van der Waals surface area contributed by atoms with Crippen molar-refractivity contribution in [3.8, 4) is 0 Å². The Morgan fingerprint density at radius 2 is 1.95 bits per heavy atom. The summed E-state index contributed by atoms with van der Waals surface area (Å²) in [6.45, 7) is 2.65. The first-order valence-corrected chi connectivity index (χ1v) is 7.60. The van der Waals surface area contributed by atoms with E-state index in [4.69, 9.17) is 0 Å². The van der Waals surface area contributed by atoms with Gasteiger partial charge in [0.2, 0.25) is 0 Å². The maximum Gasteiger partial charge on any atom is 0.277 e. The molecule has 1 heterocycles. The maximum atomic E-state index is 13.7. The van der Waals surface area contributed by atoms with E-state index in [1.165, 1.54) is 13.1 Å². The van der Waals surface area contributed by atoms with Crippen molar-refractivity contribution in [2.75, 3.05) is 13.6 Å². The van der Waals surface area contributed by atoms with Gasteiger partial charge in [0.15, 0.2) is 0 Å². The summed E-state index contributed by atoms with van der Waals surface area (Å²) < 4.78 is 13.7. The minimum absolute atomic E-state index is 0.253. The molecule has 1 aromatic carbocycles. The number of carbonyl (C=O) groups excluding carboxylic acids is 2. The number of thioether (sulfide) groups is 1. The highest BCUT2D eigenvalue weighted by Gasteiger charge is 2.36. The monoisotopic (exact) mass is 308 g/mol. The fraction of sp³-hybridized carbons (Fsp3) is 0.333. The zero-order valence-corrected chi connectivity index (χ0v) is 12.8. The predicted molar refractivity (Wildman–Crippen MR) is 80.0 cm³/mol. The second-order valence-electron chi connectivity index (χ2n) is 4.69. The number of benzene rings is 1. The summed E-state index contributed by atoms with van der Waals surface area (Å²) in [6.07, 6.45) is 1.88. The predicted octanol–water partition coefficient (Wildman–Crippen LogP) is 2.52. The fourth-order valence-corrected chi connectivity index (χ4v) is 2.91. The van der Waals surface area contributed by atoms with E-state index < -0.39 is 11.7 Å². The van der Waals surface area contributed by atoms with Gasteiger partial charge in [0.05, 0.1) is 0 Å². The molecule has 1 aliphatic rings. The van der Waals surface area contributed by atoms with Gasteiger partial charge >= 0.3 is 0 Å². The molecule has 1 aliphatic heterocycles. The van der Waals surface area contributed by atoms with Gasteiger partial charge < -0.3 is 5.32 Å². The smallest absolute Gasteiger partial charge is 0.277 e. The summed E-state index contributed by atoms with van der Waals surface area (Å²) in [5.41, 5.74) is 0.268. The van der Waals surface area contributed by atoms with Crippen LogP contribution >= 0.6 is 11.8 Å². The molecule has 1 aromatic rings. The third-order valence-corrected chi connectivity index (χ3v) is 4.26. The van der Waals surface area contributed by atoms with Gasteiger partial charge in [-0.25, -0.2) is 4.39 Å². The Morgan fingerprint density at radius 1 is 1.24 bits per heavy atom. The highest BCUT2D eigenvalue weighted by atomic mass is 32.2. The number of likely N-dealkylation sites (N-methyl/N-ethyl adjacent to an activating group) is 1. The molecule has 0 spiro atoms. The maximum absolute atomic E-state index is 13.7. The molecule has 2 rings (SSSR count). The molecule has 0 aliphatic carbocycles. The summed E-state index contributed by atoms with van der Waals surface area (Å²) in [7, 11) is 1.43. The van der Waals surface area contributed by atoms with E-state index in [0.29, 0.717) is 11.4 Å². The quantitative estimate of drug-likeness (QED) is 0.648. The summed E-state index contributed by atoms with van der Waals surface area (Å²) >= 11 is 0.990. The third kappa shape index (κ3) is 3.26. The molecule has 0 atom stereocenters. The number of amides is 2. The van der Waals surface area contributed by atoms with E-state index in [1.54, 1.807) is 18.2 Å². The fourth-order valence-electron chi connectivity index (χ4n) is 1.89. The molecule has 0 saturated carbocycles. The third-order valence-electron chi connectivity index (χ3n) is 3.13. The normalized spacial score (nSPS) is 15.1. The van der Waals surface area contributed by atoms with Crippen molar-refractivity contribution >= 4 is 23.6 Å². The number of carbonyl (C=O) groups is 2. The molecule has 6 heteroatoms. The van der Waals surface area contributed by atoms with Gasteiger partial charge in [-0.3, -0.25) is 14.5 Å². The number of hydrogen-bond acceptors (Lipinski definition) is 4. The van der Waals surface area contributed by atoms with Gasteiger partial charge in [-0.2, -0.15) is 0 Å². The minimum Gasteiger partial charge on any atom is -0.379 e. The lowest BCUT2D eigenvalue weighted by Gasteiger charge is -2.07. The van der Waals surface area contributed by atoms with Crippen LogP contribution in [-0.4, -0.2) is 30.3 Å². The minimum atomic E-state index is -0.405. The summed E-state index contributed by atoms with van der Waals surface area (Å²) in [4.78, 5) is 25.9. The molecular weight excluding hydrogens is 291 g/mol. The van der Waals surface area contributed by atoms with E-state index in [0.717, 1.165) is 29.5 Å². The number of hydrogen-bond donors (Lipinski definition) is 1. The number of rotatable bonds is 6. The van der Waals surface area contributed by atoms with Crippen LogP contribution in [0, 0.1) is 5.82 Å². The van der Waals surface area contributed by atoms with Crippen LogP contribution in [0.4, 0.5) is 4.39 Å². The summed E-state index contributed by atoms with van der Waals surface area (Å²) in [6, 6.07) is 6.20. The number of halogens is 1. The van der Waals surface area contributed by atoms with Crippen molar-refractivity contribution in [1.82, 2.24) is 10.2 Å². The van der Waals surface area contributed by atoms with Gasteiger partial charge in [-0.15, -0.1) is 0 Å². The van der Waals surface area contributed by atoms with E-state index in [-0.39, 0.29) is 16.5 Å². The van der Waals surface area contributed by atoms with Crippen LogP contribution in [0.15, 0.2) is 39.8 Å². The van der Waals surface area contributed by atoms with Gasteiger partial charge in [0.25, 0.3) is 11.8 Å². The standard InChI is InChI=1S/C15H17FN2O2S/c1-3-4-9-17-12-13(15(20)18(2)14(12)19)21-11-8-6-5-7-10(11)16/h5-8,17H,3-4,9H2,1-2H3. The first-order chi connectivity index (χ1) is 10.1. The largest absolute Gasteiger partial charge is 0.379 e. The lowest BCUT2D eigenvalue weighted by Crippen LogP contribution is -2.30. The molecule has 0 saturated heterocycles. The molecule has 0 fully saturated rings. The Hall–Kier alpha value is -1.82. The zero-order valence-electron chi connectivity index (χ0n) is 12.0. The van der Waals surface area contributed by atoms with Crippen LogP contribution in [0.5, 0.6) is 0 Å². The highest BCUT2D eigenvalue weighted by Crippen LogP contribution is 2.35. The molecule has 112 valence electrons. The van der Waals surface area contributed by atoms with E-state index in [2.05, 4.69) is 5.32 Å². The van der Waals surface area contributed by atoms with Gasteiger partial charge in [0, 0.05) is 18.5 Å². The van der Waals surface area contributed by atoms with Crippen LogP contribution in [0.3, 0.4) is 0 Å². The average molecular weight is 308 g/mol. The van der Waals surface area contributed by atoms with Crippen molar-refractivity contribution in [1.29, 1.82) is 0 Å². The molecule has 0 aromatic heterocycles. The van der Waals surface area contributed by atoms with E-state index >= 15 is 0 Å². The van der Waals surface area contributed by atoms with Crippen LogP contribution in [0.25, 0.3) is 0 Å². The second-order valence-corrected chi connectivity index (χ2v) is 5.74. The van der Waals surface area contributed by atoms with Crippen LogP contribution in [0.1, 0.15) is 19.8 Å². The van der Waals surface area contributed by atoms with Crippen molar-refractivity contribution in [2.24, 2.45) is 0 Å². The first-order valence-electron chi connectivity index (χ1n) is 6.79. The Kier molecular flexibility index (Phi) is 5.01. The summed E-state index contributed by atoms with van der Waals surface area (Å²) in [5, 5.41) is 3.01. The van der Waals surface area contributed by atoms with Crippen molar-refractivity contribution in [3.63, 3.8) is 0 Å². The number of unbranched alkanes of at least 4 members (excludes halogenated alkanes) is 1. The van der Waals surface area contributed by atoms with Crippen molar-refractivity contribution < 1.29 is 14.0 Å². The first kappa shape index (κ1) is 15.6. The topological polar surface area (TPSA) is 49.4 Å². The summed E-state index contributed by atoms with van der Waals surface area (Å²) in [5.74, 6) is -1.17. The lowest BCUT2D eigenvalue weighted by atomic mass is 10.3. The number of nitrogens with one attached hydrogen (secondary N) is 1. The van der Waals surface area contributed by atoms with Crippen LogP contribution in [0.2, 0.25) is 0 Å². The van der Waals surface area contributed by atoms with Crippen LogP contribution in [-0.2, 0) is 9.59 Å². The van der Waals surface area contributed by atoms with Crippen LogP contribution < -0.4 is 5.32 Å². The second kappa shape index (κ2) is 6.76. The van der Waals surface area contributed by atoms with Gasteiger partial charge in [-0.1, -0.05) is 37.2 Å². The van der Waals surface area contributed by atoms with Gasteiger partial charge in [0.1, 0.15) is 16.4 Å². The lowest BCUT2D eigenvalue weighted by molar-refractivity contribution is -0.135. The highest BCUT2D eigenvalue weighted by molar-refractivity contribution is 8.04. The van der Waals surface area contributed by atoms with Crippen molar-refractivity contribution in [2.45, 2.75) is 24.7 Å². The van der Waals surface area contributed by atoms with E-state index in [1.807, 2.05) is 6.92 Å². The Bertz CT molecular complexity index is 601. The molecular formula is C15H17FN2O2S. The molecule has 4 nitrogen and oxygen atoms in total. The molecule has 0 unspecified atom stereocenters. The van der Waals surface area contributed by atoms with Gasteiger partial charge in [-0.05, 0) is 18.6 Å². The molecule has 21 heavy (non-hydrogen) atoms. The Balaban J connectivity index is 2.28. The average Bonchev–Trinajstić information content (AvgIpc) is 2.67. The molecule has 2 amide bonds. The molecule has 0 radical (unpaired) electrons. The van der Waals surface area contributed by atoms with E-state index in [9.17, 15) is 14.0 Å². The zero-order chi connectivity index (χ0) is 15.4. The Labute approximate surface area is 127 Å².